The lowest BCUT2D eigenvalue weighted by Crippen LogP contribution is -2.50. The van der Waals surface area contributed by atoms with Crippen LogP contribution < -0.4 is 11.1 Å². The fourth-order valence-corrected chi connectivity index (χ4v) is 8.33. The van der Waals surface area contributed by atoms with Gasteiger partial charge in [-0.05, 0) is 88.0 Å². The largest absolute Gasteiger partial charge is 0.462 e. The number of carbonyl (C=O) groups excluding carboxylic acids is 2. The van der Waals surface area contributed by atoms with Crippen LogP contribution in [-0.2, 0) is 23.8 Å². The van der Waals surface area contributed by atoms with Crippen LogP contribution in [0.4, 0.5) is 0 Å². The van der Waals surface area contributed by atoms with Gasteiger partial charge < -0.3 is 30.4 Å². The molecule has 8 heteroatoms. The standard InChI is InChI=1S/C32H56N2O6/c1-21(35)38-27(19-28(39-22(2)36)16-23-8-4-3-5-9-23)13-12-24-17-31(40-26-10-6-7-11-26)30(37)20-29(24)25-14-15-34-32(33)18-25/h23-32,34,37H,3-20,33H2,1-2H3/t24?,25?,27-,28+,29?,30?,31?,32?/m1/s1. The van der Waals surface area contributed by atoms with Gasteiger partial charge in [-0.2, -0.15) is 0 Å². The lowest BCUT2D eigenvalue weighted by atomic mass is 9.66. The third kappa shape index (κ3) is 9.95. The van der Waals surface area contributed by atoms with Gasteiger partial charge in [0, 0.05) is 20.3 Å². The van der Waals surface area contributed by atoms with Crippen molar-refractivity contribution in [2.24, 2.45) is 29.4 Å². The van der Waals surface area contributed by atoms with Crippen molar-refractivity contribution in [2.45, 2.75) is 160 Å². The highest BCUT2D eigenvalue weighted by Gasteiger charge is 2.42. The Hall–Kier alpha value is -1.22. The van der Waals surface area contributed by atoms with Crippen LogP contribution in [0.3, 0.4) is 0 Å². The Kier molecular flexibility index (Phi) is 12.6. The molecule has 0 bridgehead atoms. The molecular weight excluding hydrogens is 508 g/mol. The maximum atomic E-state index is 12.1. The topological polar surface area (TPSA) is 120 Å². The summed E-state index contributed by atoms with van der Waals surface area (Å²) in [5.41, 5.74) is 6.30. The zero-order valence-corrected chi connectivity index (χ0v) is 25.1. The molecule has 4 N–H and O–H groups in total. The molecule has 0 aromatic rings. The van der Waals surface area contributed by atoms with Crippen molar-refractivity contribution >= 4 is 11.9 Å². The van der Waals surface area contributed by atoms with E-state index in [4.69, 9.17) is 19.9 Å². The van der Waals surface area contributed by atoms with Crippen LogP contribution in [0.15, 0.2) is 0 Å². The Morgan fingerprint density at radius 3 is 2.25 bits per heavy atom. The first-order valence-electron chi connectivity index (χ1n) is 16.4. The quantitative estimate of drug-likeness (QED) is 0.284. The van der Waals surface area contributed by atoms with Crippen molar-refractivity contribution in [3.8, 4) is 0 Å². The zero-order valence-electron chi connectivity index (χ0n) is 25.1. The smallest absolute Gasteiger partial charge is 0.302 e. The molecule has 4 aliphatic rings. The predicted molar refractivity (Wildman–Crippen MR) is 154 cm³/mol. The number of rotatable bonds is 12. The first-order valence-corrected chi connectivity index (χ1v) is 16.4. The third-order valence-electron chi connectivity index (χ3n) is 10.2. The molecule has 0 amide bonds. The average molecular weight is 565 g/mol. The van der Waals surface area contributed by atoms with Gasteiger partial charge in [0.15, 0.2) is 0 Å². The number of hydrogen-bond acceptors (Lipinski definition) is 8. The van der Waals surface area contributed by atoms with Crippen molar-refractivity contribution in [2.75, 3.05) is 6.54 Å². The van der Waals surface area contributed by atoms with Gasteiger partial charge in [0.05, 0.1) is 24.5 Å². The molecule has 230 valence electrons. The molecule has 3 saturated carbocycles. The van der Waals surface area contributed by atoms with Gasteiger partial charge in [-0.1, -0.05) is 44.9 Å². The van der Waals surface area contributed by atoms with E-state index >= 15 is 0 Å². The SMILES string of the molecule is CC(=O)O[C@H](CCC1CC(OC2CCCC2)C(O)CC1C1CCNC(N)C1)C[C@H](CC1CCCCC1)OC(C)=O. The number of nitrogens with two attached hydrogens (primary N) is 1. The van der Waals surface area contributed by atoms with E-state index in [2.05, 4.69) is 5.32 Å². The minimum absolute atomic E-state index is 0.00192. The summed E-state index contributed by atoms with van der Waals surface area (Å²) in [6, 6.07) is 0. The maximum Gasteiger partial charge on any atom is 0.302 e. The molecular formula is C32H56N2O6. The summed E-state index contributed by atoms with van der Waals surface area (Å²) in [7, 11) is 0. The highest BCUT2D eigenvalue weighted by molar-refractivity contribution is 5.66. The summed E-state index contributed by atoms with van der Waals surface area (Å²) < 4.78 is 18.1. The summed E-state index contributed by atoms with van der Waals surface area (Å²) in [6.45, 7) is 3.85. The van der Waals surface area contributed by atoms with E-state index in [1.165, 1.54) is 58.8 Å². The van der Waals surface area contributed by atoms with Crippen molar-refractivity contribution in [3.05, 3.63) is 0 Å². The number of carbonyl (C=O) groups is 2. The van der Waals surface area contributed by atoms with E-state index in [1.54, 1.807) is 0 Å². The lowest BCUT2D eigenvalue weighted by molar-refractivity contribution is -0.154. The molecule has 8 atom stereocenters. The number of hydrogen-bond donors (Lipinski definition) is 3. The van der Waals surface area contributed by atoms with Crippen molar-refractivity contribution in [1.29, 1.82) is 0 Å². The second kappa shape index (κ2) is 15.9. The number of aliphatic hydroxyl groups is 1. The van der Waals surface area contributed by atoms with Crippen LogP contribution in [0.5, 0.6) is 0 Å². The van der Waals surface area contributed by atoms with E-state index in [9.17, 15) is 14.7 Å². The minimum atomic E-state index is -0.443. The molecule has 0 aromatic carbocycles. The fraction of sp³-hybridized carbons (Fsp3) is 0.938. The van der Waals surface area contributed by atoms with E-state index < -0.39 is 6.10 Å². The number of aliphatic hydroxyl groups excluding tert-OH is 1. The normalized spacial score (nSPS) is 33.8. The summed E-state index contributed by atoms with van der Waals surface area (Å²) >= 11 is 0. The molecule has 1 saturated heterocycles. The highest BCUT2D eigenvalue weighted by Crippen LogP contribution is 2.44. The maximum absolute atomic E-state index is 12.1. The highest BCUT2D eigenvalue weighted by atomic mass is 16.6. The van der Waals surface area contributed by atoms with Gasteiger partial charge in [-0.3, -0.25) is 9.59 Å². The number of esters is 2. The van der Waals surface area contributed by atoms with Crippen LogP contribution in [-0.4, -0.2) is 60.3 Å². The Morgan fingerprint density at radius 2 is 1.57 bits per heavy atom. The first kappa shape index (κ1) is 31.7. The number of piperidine rings is 1. The number of nitrogens with one attached hydrogen (secondary N) is 1. The molecule has 6 unspecified atom stereocenters. The molecule has 0 radical (unpaired) electrons. The summed E-state index contributed by atoms with van der Waals surface area (Å²) in [5, 5.41) is 14.5. The molecule has 0 spiro atoms. The molecule has 3 aliphatic carbocycles. The van der Waals surface area contributed by atoms with Crippen LogP contribution in [0.1, 0.15) is 123 Å². The van der Waals surface area contributed by atoms with Crippen LogP contribution in [0.2, 0.25) is 0 Å². The molecule has 40 heavy (non-hydrogen) atoms. The van der Waals surface area contributed by atoms with Crippen molar-refractivity contribution in [3.63, 3.8) is 0 Å². The predicted octanol–water partition coefficient (Wildman–Crippen LogP) is 4.99. The van der Waals surface area contributed by atoms with E-state index in [0.717, 1.165) is 64.3 Å². The van der Waals surface area contributed by atoms with Gasteiger partial charge in [-0.25, -0.2) is 0 Å². The lowest BCUT2D eigenvalue weighted by Gasteiger charge is -2.45. The average Bonchev–Trinajstić information content (AvgIpc) is 3.42. The van der Waals surface area contributed by atoms with Gasteiger partial charge in [0.2, 0.25) is 0 Å². The van der Waals surface area contributed by atoms with Gasteiger partial charge in [0.1, 0.15) is 12.2 Å². The molecule has 1 heterocycles. The summed E-state index contributed by atoms with van der Waals surface area (Å²) in [4.78, 5) is 24.1. The van der Waals surface area contributed by atoms with Crippen molar-refractivity contribution < 1.29 is 28.9 Å². The van der Waals surface area contributed by atoms with E-state index in [-0.39, 0.29) is 42.5 Å². The third-order valence-corrected chi connectivity index (χ3v) is 10.2. The van der Waals surface area contributed by atoms with E-state index in [0.29, 0.717) is 30.1 Å². The van der Waals surface area contributed by atoms with E-state index in [1.807, 2.05) is 0 Å². The van der Waals surface area contributed by atoms with Crippen LogP contribution >= 0.6 is 0 Å². The molecule has 4 rings (SSSR count). The summed E-state index contributed by atoms with van der Waals surface area (Å²) in [5.74, 6) is 1.22. The fourth-order valence-electron chi connectivity index (χ4n) is 8.33. The molecule has 1 aliphatic heterocycles. The van der Waals surface area contributed by atoms with Crippen LogP contribution in [0, 0.1) is 23.7 Å². The Bertz CT molecular complexity index is 783. The van der Waals surface area contributed by atoms with Gasteiger partial charge >= 0.3 is 11.9 Å². The van der Waals surface area contributed by atoms with Gasteiger partial charge in [-0.15, -0.1) is 0 Å². The summed E-state index contributed by atoms with van der Waals surface area (Å²) in [6.07, 6.45) is 16.5. The number of ether oxygens (including phenoxy) is 3. The molecule has 0 aromatic heterocycles. The first-order chi connectivity index (χ1) is 19.3. The molecule has 4 fully saturated rings. The van der Waals surface area contributed by atoms with Gasteiger partial charge in [0.25, 0.3) is 0 Å². The molecule has 8 nitrogen and oxygen atoms in total. The van der Waals surface area contributed by atoms with Crippen LogP contribution in [0.25, 0.3) is 0 Å². The Morgan fingerprint density at radius 1 is 0.900 bits per heavy atom. The Balaban J connectivity index is 1.43. The monoisotopic (exact) mass is 564 g/mol. The second-order valence-corrected chi connectivity index (χ2v) is 13.4. The minimum Gasteiger partial charge on any atom is -0.462 e. The zero-order chi connectivity index (χ0) is 28.5. The second-order valence-electron chi connectivity index (χ2n) is 13.4. The van der Waals surface area contributed by atoms with Crippen molar-refractivity contribution in [1.82, 2.24) is 5.32 Å². The Labute approximate surface area is 241 Å².